The van der Waals surface area contributed by atoms with Gasteiger partial charge in [-0.05, 0) is 55.8 Å². The molecule has 4 aliphatic rings. The molecular weight excluding hydrogens is 294 g/mol. The molecule has 0 saturated heterocycles. The molecule has 4 rings (SSSR count). The van der Waals surface area contributed by atoms with Crippen LogP contribution in [0.2, 0.25) is 0 Å². The largest absolute Gasteiger partial charge is 0.480 e. The van der Waals surface area contributed by atoms with Crippen LogP contribution in [0.4, 0.5) is 0 Å². The van der Waals surface area contributed by atoms with Gasteiger partial charge in [-0.2, -0.15) is 0 Å². The summed E-state index contributed by atoms with van der Waals surface area (Å²) in [5.74, 6) is 0.122. The van der Waals surface area contributed by atoms with Crippen LogP contribution in [0.3, 0.4) is 0 Å². The lowest BCUT2D eigenvalue weighted by molar-refractivity contribution is -0.143. The number of hydrogen-bond donors (Lipinski definition) is 2. The summed E-state index contributed by atoms with van der Waals surface area (Å²) < 4.78 is 4.81. The lowest BCUT2D eigenvalue weighted by atomic mass is 9.49. The number of carbonyl (C=O) groups excluding carboxylic acids is 1. The zero-order valence-electron chi connectivity index (χ0n) is 12.1. The Morgan fingerprint density at radius 2 is 1.86 bits per heavy atom. The zero-order valence-corrected chi connectivity index (χ0v) is 12.8. The van der Waals surface area contributed by atoms with Crippen molar-refractivity contribution in [3.05, 3.63) is 0 Å². The Morgan fingerprint density at radius 1 is 1.19 bits per heavy atom. The van der Waals surface area contributed by atoms with E-state index in [1.807, 2.05) is 0 Å². The van der Waals surface area contributed by atoms with Gasteiger partial charge in [0.05, 0.1) is 0 Å². The van der Waals surface area contributed by atoms with Crippen LogP contribution in [-0.2, 0) is 14.3 Å². The van der Waals surface area contributed by atoms with E-state index in [-0.39, 0.29) is 22.8 Å². The van der Waals surface area contributed by atoms with E-state index in [0.717, 1.165) is 32.1 Å². The highest BCUT2D eigenvalue weighted by molar-refractivity contribution is 6.24. The van der Waals surface area contributed by atoms with Gasteiger partial charge in [-0.1, -0.05) is 0 Å². The van der Waals surface area contributed by atoms with Gasteiger partial charge in [-0.3, -0.25) is 4.79 Å². The Bertz CT molecular complexity index is 439. The van der Waals surface area contributed by atoms with Crippen LogP contribution < -0.4 is 5.32 Å². The minimum Gasteiger partial charge on any atom is -0.480 e. The Morgan fingerprint density at radius 3 is 2.43 bits per heavy atom. The summed E-state index contributed by atoms with van der Waals surface area (Å²) in [5.41, 5.74) is 0.147. The molecule has 2 atom stereocenters. The minimum absolute atomic E-state index is 0.0470. The van der Waals surface area contributed by atoms with E-state index in [1.54, 1.807) is 0 Å². The fourth-order valence-electron chi connectivity index (χ4n) is 5.11. The lowest BCUT2D eigenvalue weighted by Gasteiger charge is -2.60. The average Bonchev–Trinajstić information content (AvgIpc) is 2.33. The molecular formula is C15H22ClNO4. The highest BCUT2D eigenvalue weighted by Gasteiger charge is 2.56. The van der Waals surface area contributed by atoms with Crippen molar-refractivity contribution in [3.8, 4) is 0 Å². The summed E-state index contributed by atoms with van der Waals surface area (Å²) in [6.45, 7) is 0.0124. The van der Waals surface area contributed by atoms with Gasteiger partial charge >= 0.3 is 5.97 Å². The van der Waals surface area contributed by atoms with Crippen LogP contribution in [0.15, 0.2) is 0 Å². The molecule has 5 nitrogen and oxygen atoms in total. The van der Waals surface area contributed by atoms with E-state index in [9.17, 15) is 9.59 Å². The molecule has 0 heterocycles. The topological polar surface area (TPSA) is 75.6 Å². The Hall–Kier alpha value is -0.810. The first-order chi connectivity index (χ1) is 9.88. The van der Waals surface area contributed by atoms with Gasteiger partial charge in [-0.25, -0.2) is 4.79 Å². The molecule has 6 heteroatoms. The quantitative estimate of drug-likeness (QED) is 0.733. The molecule has 4 aliphatic carbocycles. The average molecular weight is 316 g/mol. The second-order valence-electron chi connectivity index (χ2n) is 7.28. The van der Waals surface area contributed by atoms with Gasteiger partial charge in [0, 0.05) is 11.4 Å². The third kappa shape index (κ3) is 3.34. The number of amides is 1. The Kier molecular flexibility index (Phi) is 3.91. The molecule has 0 aromatic heterocycles. The Balaban J connectivity index is 1.51. The predicted molar refractivity (Wildman–Crippen MR) is 77.2 cm³/mol. The van der Waals surface area contributed by atoms with E-state index in [4.69, 9.17) is 21.4 Å². The fraction of sp³-hybridized carbons (Fsp3) is 0.867. The van der Waals surface area contributed by atoms with E-state index in [1.165, 1.54) is 6.42 Å². The SMILES string of the molecule is O=C(O)COCC(=O)NCC12CC3CC(CC(Cl)(C3)C1)C2. The van der Waals surface area contributed by atoms with Crippen LogP contribution in [-0.4, -0.2) is 41.6 Å². The van der Waals surface area contributed by atoms with Crippen LogP contribution in [0.25, 0.3) is 0 Å². The number of carboxylic acid groups (broad SMARTS) is 1. The molecule has 0 aliphatic heterocycles. The maximum Gasteiger partial charge on any atom is 0.329 e. The van der Waals surface area contributed by atoms with Crippen molar-refractivity contribution in [2.45, 2.75) is 43.4 Å². The van der Waals surface area contributed by atoms with Crippen LogP contribution >= 0.6 is 11.6 Å². The molecule has 2 unspecified atom stereocenters. The molecule has 0 radical (unpaired) electrons. The smallest absolute Gasteiger partial charge is 0.329 e. The van der Waals surface area contributed by atoms with Crippen LogP contribution in [0, 0.1) is 17.3 Å². The van der Waals surface area contributed by atoms with Crippen molar-refractivity contribution in [2.75, 3.05) is 19.8 Å². The van der Waals surface area contributed by atoms with Crippen molar-refractivity contribution in [3.63, 3.8) is 0 Å². The fourth-order valence-corrected chi connectivity index (χ4v) is 5.83. The monoisotopic (exact) mass is 315 g/mol. The number of nitrogens with one attached hydrogen (secondary N) is 1. The minimum atomic E-state index is -1.06. The maximum absolute atomic E-state index is 11.7. The Labute approximate surface area is 129 Å². The number of rotatable bonds is 6. The summed E-state index contributed by atoms with van der Waals surface area (Å²) in [7, 11) is 0. The van der Waals surface area contributed by atoms with E-state index in [2.05, 4.69) is 5.32 Å². The summed E-state index contributed by atoms with van der Waals surface area (Å²) in [6, 6.07) is 0. The standard InChI is InChI=1S/C15H22ClNO4/c16-15-4-10-1-11(5-15)3-14(2-10,8-15)9-17-12(18)6-21-7-13(19)20/h10-11H,1-9H2,(H,17,18)(H,19,20). The zero-order chi connectivity index (χ0) is 15.1. The van der Waals surface area contributed by atoms with Gasteiger partial charge in [-0.15, -0.1) is 11.6 Å². The molecule has 4 fully saturated rings. The van der Waals surface area contributed by atoms with Crippen molar-refractivity contribution in [2.24, 2.45) is 17.3 Å². The molecule has 21 heavy (non-hydrogen) atoms. The van der Waals surface area contributed by atoms with Crippen molar-refractivity contribution in [1.29, 1.82) is 0 Å². The summed E-state index contributed by atoms with van der Waals surface area (Å²) in [5, 5.41) is 11.4. The third-order valence-corrected chi connectivity index (χ3v) is 5.67. The first-order valence-corrected chi connectivity index (χ1v) is 8.01. The molecule has 0 aromatic carbocycles. The molecule has 1 amide bonds. The predicted octanol–water partition coefficient (Wildman–Crippen LogP) is 1.78. The highest BCUT2D eigenvalue weighted by atomic mass is 35.5. The van der Waals surface area contributed by atoms with Gasteiger partial charge in [0.2, 0.25) is 5.91 Å². The molecule has 0 aromatic rings. The number of alkyl halides is 1. The number of carboxylic acids is 1. The van der Waals surface area contributed by atoms with Crippen molar-refractivity contribution < 1.29 is 19.4 Å². The molecule has 2 N–H and O–H groups in total. The third-order valence-electron chi connectivity index (χ3n) is 5.23. The normalized spacial score (nSPS) is 40.2. The van der Waals surface area contributed by atoms with E-state index >= 15 is 0 Å². The lowest BCUT2D eigenvalue weighted by Crippen LogP contribution is -2.56. The van der Waals surface area contributed by atoms with E-state index < -0.39 is 12.6 Å². The van der Waals surface area contributed by atoms with Gasteiger partial charge in [0.15, 0.2) is 0 Å². The summed E-state index contributed by atoms with van der Waals surface area (Å²) in [4.78, 5) is 22.0. The van der Waals surface area contributed by atoms with Crippen molar-refractivity contribution in [1.82, 2.24) is 5.32 Å². The number of aliphatic carboxylic acids is 1. The van der Waals surface area contributed by atoms with Crippen LogP contribution in [0.1, 0.15) is 38.5 Å². The van der Waals surface area contributed by atoms with Gasteiger partial charge < -0.3 is 15.2 Å². The second kappa shape index (κ2) is 5.43. The second-order valence-corrected chi connectivity index (χ2v) is 8.08. The molecule has 4 saturated carbocycles. The summed E-state index contributed by atoms with van der Waals surface area (Å²) >= 11 is 6.75. The number of carbonyl (C=O) groups is 2. The van der Waals surface area contributed by atoms with E-state index in [0.29, 0.717) is 18.4 Å². The van der Waals surface area contributed by atoms with Crippen LogP contribution in [0.5, 0.6) is 0 Å². The van der Waals surface area contributed by atoms with Gasteiger partial charge in [0.1, 0.15) is 13.2 Å². The van der Waals surface area contributed by atoms with Crippen molar-refractivity contribution >= 4 is 23.5 Å². The molecule has 4 bridgehead atoms. The number of hydrogen-bond acceptors (Lipinski definition) is 3. The molecule has 0 spiro atoms. The number of ether oxygens (including phenoxy) is 1. The van der Waals surface area contributed by atoms with Gasteiger partial charge in [0.25, 0.3) is 0 Å². The first kappa shape index (κ1) is 15.1. The highest BCUT2D eigenvalue weighted by Crippen LogP contribution is 2.63. The maximum atomic E-state index is 11.7. The summed E-state index contributed by atoms with van der Waals surface area (Å²) in [6.07, 6.45) is 6.87. The number of halogens is 1. The molecule has 118 valence electrons. The first-order valence-electron chi connectivity index (χ1n) is 7.63.